The fourth-order valence-electron chi connectivity index (χ4n) is 1.33. The Morgan fingerprint density at radius 2 is 1.85 bits per heavy atom. The predicted octanol–water partition coefficient (Wildman–Crippen LogP) is 1.97. The lowest BCUT2D eigenvalue weighted by molar-refractivity contribution is 0.240. The third-order valence-corrected chi connectivity index (χ3v) is 7.97. The molecule has 2 nitrogen and oxygen atoms in total. The van der Waals surface area contributed by atoms with Crippen molar-refractivity contribution in [3.8, 4) is 0 Å². The fraction of sp³-hybridized carbons (Fsp3) is 1.00. The van der Waals surface area contributed by atoms with Crippen LogP contribution in [0.15, 0.2) is 0 Å². The summed E-state index contributed by atoms with van der Waals surface area (Å²) in [6, 6.07) is 1.14. The van der Waals surface area contributed by atoms with Crippen LogP contribution in [0.4, 0.5) is 0 Å². The van der Waals surface area contributed by atoms with E-state index in [4.69, 9.17) is 8.54 Å². The van der Waals surface area contributed by atoms with E-state index < -0.39 is 8.56 Å². The summed E-state index contributed by atoms with van der Waals surface area (Å²) in [5.74, 6) is 0. The van der Waals surface area contributed by atoms with Crippen LogP contribution in [-0.4, -0.2) is 25.7 Å². The summed E-state index contributed by atoms with van der Waals surface area (Å²) < 4.78 is 11.5. The van der Waals surface area contributed by atoms with Gasteiger partial charge >= 0.3 is 8.56 Å². The predicted molar refractivity (Wildman–Crippen MR) is 63.2 cm³/mol. The van der Waals surface area contributed by atoms with Gasteiger partial charge in [-0.1, -0.05) is 33.1 Å². The molecule has 1 unspecified atom stereocenters. The van der Waals surface area contributed by atoms with Crippen molar-refractivity contribution >= 4 is 19.0 Å². The highest BCUT2D eigenvalue weighted by molar-refractivity contribution is 6.68. The Labute approximate surface area is 86.8 Å². The molecule has 0 heterocycles. The minimum Gasteiger partial charge on any atom is -0.445 e. The summed E-state index contributed by atoms with van der Waals surface area (Å²) in [6.45, 7) is 7.50. The molecule has 1 atom stereocenters. The number of hydrogen-bond donors (Lipinski definition) is 0. The molecule has 0 radical (unpaired) electrons. The molecule has 0 aliphatic rings. The van der Waals surface area contributed by atoms with Gasteiger partial charge in [0.25, 0.3) is 0 Å². The maximum absolute atomic E-state index is 5.87. The van der Waals surface area contributed by atoms with Gasteiger partial charge in [-0.3, -0.25) is 0 Å². The molecule has 0 saturated carbocycles. The second kappa shape index (κ2) is 7.73. The molecule has 0 fully saturated rings. The van der Waals surface area contributed by atoms with Crippen LogP contribution in [0.3, 0.4) is 0 Å². The maximum Gasteiger partial charge on any atom is 0.324 e. The SMILES string of the molecule is CCCCCO[Si](C)(CCC)O[SiH3]. The quantitative estimate of drug-likeness (QED) is 0.460. The van der Waals surface area contributed by atoms with Gasteiger partial charge in [-0.25, -0.2) is 0 Å². The molecule has 13 heavy (non-hydrogen) atoms. The van der Waals surface area contributed by atoms with Crippen LogP contribution >= 0.6 is 0 Å². The van der Waals surface area contributed by atoms with Crippen molar-refractivity contribution in [2.75, 3.05) is 6.61 Å². The van der Waals surface area contributed by atoms with E-state index >= 15 is 0 Å². The largest absolute Gasteiger partial charge is 0.445 e. The van der Waals surface area contributed by atoms with Crippen molar-refractivity contribution < 1.29 is 8.54 Å². The third kappa shape index (κ3) is 6.43. The van der Waals surface area contributed by atoms with E-state index in [-0.39, 0.29) is 0 Å². The lowest BCUT2D eigenvalue weighted by Gasteiger charge is -2.25. The highest BCUT2D eigenvalue weighted by atomic mass is 28.4. The topological polar surface area (TPSA) is 18.5 Å². The number of hydrogen-bond acceptors (Lipinski definition) is 2. The molecular formula is C9H24O2Si2. The Hall–Kier alpha value is 0.354. The molecule has 4 heteroatoms. The van der Waals surface area contributed by atoms with Crippen LogP contribution in [0.2, 0.25) is 12.6 Å². The Morgan fingerprint density at radius 3 is 2.31 bits per heavy atom. The van der Waals surface area contributed by atoms with Crippen molar-refractivity contribution in [3.05, 3.63) is 0 Å². The van der Waals surface area contributed by atoms with Gasteiger partial charge in [0.15, 0.2) is 0 Å². The van der Waals surface area contributed by atoms with Crippen molar-refractivity contribution in [2.24, 2.45) is 0 Å². The zero-order chi connectivity index (χ0) is 10.2. The van der Waals surface area contributed by atoms with Gasteiger partial charge in [-0.2, -0.15) is 0 Å². The minimum atomic E-state index is -1.71. The molecule has 0 saturated heterocycles. The molecule has 0 aliphatic carbocycles. The van der Waals surface area contributed by atoms with E-state index in [0.717, 1.165) is 23.1 Å². The second-order valence-electron chi connectivity index (χ2n) is 3.64. The van der Waals surface area contributed by atoms with E-state index in [0.29, 0.717) is 0 Å². The van der Waals surface area contributed by atoms with E-state index in [1.165, 1.54) is 25.7 Å². The molecular weight excluding hydrogens is 196 g/mol. The monoisotopic (exact) mass is 220 g/mol. The third-order valence-electron chi connectivity index (χ3n) is 2.29. The first-order valence-corrected chi connectivity index (χ1v) is 8.71. The average molecular weight is 220 g/mol. The summed E-state index contributed by atoms with van der Waals surface area (Å²) in [5, 5.41) is 0. The van der Waals surface area contributed by atoms with E-state index in [9.17, 15) is 0 Å². The standard InChI is InChI=1S/C9H24O2Si2/c1-4-6-7-8-10-13(3,11-12)9-5-2/h4-9H2,1-3,12H3. The zero-order valence-electron chi connectivity index (χ0n) is 9.56. The normalized spacial score (nSPS) is 15.9. The van der Waals surface area contributed by atoms with Crippen molar-refractivity contribution in [1.82, 2.24) is 0 Å². The Balaban J connectivity index is 3.57. The molecule has 0 amide bonds. The molecule has 0 spiro atoms. The van der Waals surface area contributed by atoms with Crippen LogP contribution in [0.25, 0.3) is 0 Å². The van der Waals surface area contributed by atoms with E-state index in [1.807, 2.05) is 0 Å². The summed E-state index contributed by atoms with van der Waals surface area (Å²) >= 11 is 0. The van der Waals surface area contributed by atoms with Crippen molar-refractivity contribution in [1.29, 1.82) is 0 Å². The van der Waals surface area contributed by atoms with Crippen molar-refractivity contribution in [2.45, 2.75) is 52.1 Å². The van der Waals surface area contributed by atoms with E-state index in [2.05, 4.69) is 20.4 Å². The Kier molecular flexibility index (Phi) is 7.94. The molecule has 80 valence electrons. The first kappa shape index (κ1) is 13.4. The van der Waals surface area contributed by atoms with Gasteiger partial charge in [0.2, 0.25) is 0 Å². The van der Waals surface area contributed by atoms with Gasteiger partial charge in [-0.05, 0) is 19.0 Å². The van der Waals surface area contributed by atoms with Gasteiger partial charge in [0, 0.05) is 6.61 Å². The summed E-state index contributed by atoms with van der Waals surface area (Å²) in [4.78, 5) is 0. The van der Waals surface area contributed by atoms with Gasteiger partial charge in [0.1, 0.15) is 10.5 Å². The molecule has 0 bridgehead atoms. The lowest BCUT2D eigenvalue weighted by atomic mass is 10.3. The van der Waals surface area contributed by atoms with Crippen LogP contribution in [-0.2, 0) is 8.54 Å². The van der Waals surface area contributed by atoms with E-state index in [1.54, 1.807) is 0 Å². The molecule has 0 aliphatic heterocycles. The van der Waals surface area contributed by atoms with Crippen LogP contribution in [0.1, 0.15) is 39.5 Å². The summed E-state index contributed by atoms with van der Waals surface area (Å²) in [6.07, 6.45) is 4.90. The maximum atomic E-state index is 5.87. The first-order valence-electron chi connectivity index (χ1n) is 5.37. The lowest BCUT2D eigenvalue weighted by Crippen LogP contribution is -2.37. The Bertz CT molecular complexity index is 122. The highest BCUT2D eigenvalue weighted by Gasteiger charge is 2.27. The first-order chi connectivity index (χ1) is 6.18. The number of rotatable bonds is 8. The fourth-order valence-corrected chi connectivity index (χ4v) is 4.24. The van der Waals surface area contributed by atoms with Crippen molar-refractivity contribution in [3.63, 3.8) is 0 Å². The van der Waals surface area contributed by atoms with Crippen LogP contribution in [0.5, 0.6) is 0 Å². The second-order valence-corrected chi connectivity index (χ2v) is 8.33. The Morgan fingerprint density at radius 1 is 1.15 bits per heavy atom. The van der Waals surface area contributed by atoms with Crippen LogP contribution < -0.4 is 0 Å². The minimum absolute atomic E-state index is 0.817. The number of unbranched alkanes of at least 4 members (excludes halogenated alkanes) is 2. The molecule has 0 aromatic rings. The molecule has 0 aromatic heterocycles. The average Bonchev–Trinajstić information content (AvgIpc) is 2.13. The summed E-state index contributed by atoms with van der Waals surface area (Å²) in [5.41, 5.74) is 0. The molecule has 0 rings (SSSR count). The van der Waals surface area contributed by atoms with Gasteiger partial charge in [-0.15, -0.1) is 0 Å². The smallest absolute Gasteiger partial charge is 0.324 e. The molecule has 0 aromatic carbocycles. The zero-order valence-corrected chi connectivity index (χ0v) is 12.6. The summed E-state index contributed by atoms with van der Waals surface area (Å²) in [7, 11) is -0.895. The van der Waals surface area contributed by atoms with Crippen LogP contribution in [0, 0.1) is 0 Å². The molecule has 0 N–H and O–H groups in total. The van der Waals surface area contributed by atoms with Gasteiger partial charge in [0.05, 0.1) is 0 Å². The highest BCUT2D eigenvalue weighted by Crippen LogP contribution is 2.14. The van der Waals surface area contributed by atoms with Gasteiger partial charge < -0.3 is 8.54 Å².